The normalized spacial score (nSPS) is 10.7. The van der Waals surface area contributed by atoms with Crippen molar-refractivity contribution in [1.29, 1.82) is 0 Å². The zero-order valence-electron chi connectivity index (χ0n) is 22.7. The SMILES string of the molecule is Cc1ccc(NC(=O)c2cncc(NC(=O)c3ccc(-c4cccs4)s3)c2)cc1Nc1nccc(-c2ccc(F)cc2)n1. The van der Waals surface area contributed by atoms with E-state index in [1.165, 1.54) is 35.9 Å². The Kier molecular flexibility index (Phi) is 7.98. The maximum Gasteiger partial charge on any atom is 0.265 e. The third-order valence-corrected chi connectivity index (χ3v) is 8.54. The lowest BCUT2D eigenvalue weighted by Crippen LogP contribution is -2.15. The highest BCUT2D eigenvalue weighted by Gasteiger charge is 2.14. The smallest absolute Gasteiger partial charge is 0.265 e. The van der Waals surface area contributed by atoms with Gasteiger partial charge in [-0.3, -0.25) is 14.6 Å². The fraction of sp³-hybridized carbons (Fsp3) is 0.0312. The van der Waals surface area contributed by atoms with Crippen LogP contribution in [0.25, 0.3) is 21.0 Å². The average molecular weight is 607 g/mol. The summed E-state index contributed by atoms with van der Waals surface area (Å²) >= 11 is 3.02. The van der Waals surface area contributed by atoms with Crippen molar-refractivity contribution < 1.29 is 14.0 Å². The second kappa shape index (κ2) is 12.3. The number of halogens is 1. The summed E-state index contributed by atoms with van der Waals surface area (Å²) in [5, 5.41) is 10.9. The van der Waals surface area contributed by atoms with Gasteiger partial charge in [0.15, 0.2) is 0 Å². The lowest BCUT2D eigenvalue weighted by molar-refractivity contribution is 0.101. The highest BCUT2D eigenvalue weighted by Crippen LogP contribution is 2.32. The van der Waals surface area contributed by atoms with Crippen LogP contribution in [0.4, 0.5) is 27.4 Å². The van der Waals surface area contributed by atoms with E-state index < -0.39 is 0 Å². The van der Waals surface area contributed by atoms with Crippen molar-refractivity contribution in [1.82, 2.24) is 15.0 Å². The molecule has 11 heteroatoms. The molecule has 0 aliphatic carbocycles. The molecule has 2 aromatic carbocycles. The molecular weight excluding hydrogens is 584 g/mol. The van der Waals surface area contributed by atoms with E-state index in [2.05, 4.69) is 30.9 Å². The lowest BCUT2D eigenvalue weighted by Gasteiger charge is -2.12. The number of aromatic nitrogens is 3. The average Bonchev–Trinajstić information content (AvgIpc) is 3.73. The van der Waals surface area contributed by atoms with Gasteiger partial charge in [-0.15, -0.1) is 22.7 Å². The number of anilines is 4. The van der Waals surface area contributed by atoms with Crippen LogP contribution in [0, 0.1) is 12.7 Å². The molecule has 4 aromatic heterocycles. The fourth-order valence-electron chi connectivity index (χ4n) is 4.19. The van der Waals surface area contributed by atoms with Gasteiger partial charge < -0.3 is 16.0 Å². The summed E-state index contributed by atoms with van der Waals surface area (Å²) in [5.74, 6) is -0.620. The topological polar surface area (TPSA) is 109 Å². The highest BCUT2D eigenvalue weighted by atomic mass is 32.1. The van der Waals surface area contributed by atoms with Crippen LogP contribution in [-0.2, 0) is 0 Å². The number of nitrogens with one attached hydrogen (secondary N) is 3. The predicted octanol–water partition coefficient (Wildman–Crippen LogP) is 8.02. The van der Waals surface area contributed by atoms with E-state index in [4.69, 9.17) is 0 Å². The minimum atomic E-state index is -0.385. The maximum absolute atomic E-state index is 13.3. The number of benzene rings is 2. The first-order valence-corrected chi connectivity index (χ1v) is 14.8. The van der Waals surface area contributed by atoms with Gasteiger partial charge in [-0.1, -0.05) is 12.1 Å². The van der Waals surface area contributed by atoms with Crippen molar-refractivity contribution >= 4 is 57.5 Å². The summed E-state index contributed by atoms with van der Waals surface area (Å²) in [7, 11) is 0. The van der Waals surface area contributed by atoms with Crippen LogP contribution in [0.3, 0.4) is 0 Å². The predicted molar refractivity (Wildman–Crippen MR) is 170 cm³/mol. The number of aryl methyl sites for hydroxylation is 1. The number of rotatable bonds is 8. The number of carbonyl (C=O) groups is 2. The standard InChI is InChI=1S/C32H23FN6O2S2/c1-19-4-9-23(16-26(19)39-32-35-13-12-25(38-32)20-5-7-22(33)8-6-20)36-30(40)21-15-24(18-34-17-21)37-31(41)29-11-10-28(43-29)27-3-2-14-42-27/h2-18H,1H3,(H,36,40)(H,37,41)(H,35,38,39). The molecule has 6 rings (SSSR count). The monoisotopic (exact) mass is 606 g/mol. The molecule has 0 spiro atoms. The van der Waals surface area contributed by atoms with E-state index in [-0.39, 0.29) is 23.2 Å². The molecule has 8 nitrogen and oxygen atoms in total. The largest absolute Gasteiger partial charge is 0.324 e. The van der Waals surface area contributed by atoms with Gasteiger partial charge in [-0.25, -0.2) is 14.4 Å². The van der Waals surface area contributed by atoms with E-state index in [9.17, 15) is 14.0 Å². The minimum Gasteiger partial charge on any atom is -0.324 e. The quantitative estimate of drug-likeness (QED) is 0.162. The third kappa shape index (κ3) is 6.64. The first kappa shape index (κ1) is 27.9. The molecule has 43 heavy (non-hydrogen) atoms. The second-order valence-electron chi connectivity index (χ2n) is 9.44. The molecule has 0 saturated carbocycles. The second-order valence-corrected chi connectivity index (χ2v) is 11.5. The Bertz CT molecular complexity index is 1920. The van der Waals surface area contributed by atoms with Crippen LogP contribution < -0.4 is 16.0 Å². The van der Waals surface area contributed by atoms with Crippen LogP contribution in [0.2, 0.25) is 0 Å². The number of nitrogens with zero attached hydrogens (tertiary/aromatic N) is 3. The Morgan fingerprint density at radius 1 is 0.837 bits per heavy atom. The Morgan fingerprint density at radius 3 is 2.49 bits per heavy atom. The van der Waals surface area contributed by atoms with Gasteiger partial charge in [-0.05, 0) is 84.6 Å². The molecule has 0 saturated heterocycles. The molecule has 0 bridgehead atoms. The molecule has 4 heterocycles. The molecule has 6 aromatic rings. The molecule has 212 valence electrons. The third-order valence-electron chi connectivity index (χ3n) is 6.39. The zero-order valence-corrected chi connectivity index (χ0v) is 24.3. The Morgan fingerprint density at radius 2 is 1.67 bits per heavy atom. The van der Waals surface area contributed by atoms with E-state index in [0.29, 0.717) is 33.6 Å². The van der Waals surface area contributed by atoms with Gasteiger partial charge in [0, 0.05) is 39.1 Å². The van der Waals surface area contributed by atoms with Gasteiger partial charge in [0.1, 0.15) is 5.82 Å². The molecule has 0 aliphatic rings. The van der Waals surface area contributed by atoms with Crippen LogP contribution in [0.15, 0.2) is 103 Å². The number of thiophene rings is 2. The summed E-state index contributed by atoms with van der Waals surface area (Å²) in [6, 6.07) is 22.5. The number of hydrogen-bond acceptors (Lipinski definition) is 8. The first-order chi connectivity index (χ1) is 20.9. The first-order valence-electron chi connectivity index (χ1n) is 13.1. The molecule has 0 radical (unpaired) electrons. The summed E-state index contributed by atoms with van der Waals surface area (Å²) in [4.78, 5) is 41.6. The van der Waals surface area contributed by atoms with E-state index in [0.717, 1.165) is 20.9 Å². The van der Waals surface area contributed by atoms with E-state index >= 15 is 0 Å². The van der Waals surface area contributed by atoms with Gasteiger partial charge in [0.25, 0.3) is 11.8 Å². The molecule has 0 atom stereocenters. The molecule has 0 fully saturated rings. The van der Waals surface area contributed by atoms with Crippen molar-refractivity contribution in [3.05, 3.63) is 125 Å². The molecule has 2 amide bonds. The Hall–Kier alpha value is -5.26. The highest BCUT2D eigenvalue weighted by molar-refractivity contribution is 7.22. The van der Waals surface area contributed by atoms with Crippen molar-refractivity contribution in [2.24, 2.45) is 0 Å². The Labute approximate surface area is 254 Å². The minimum absolute atomic E-state index is 0.271. The van der Waals surface area contributed by atoms with Crippen LogP contribution in [-0.4, -0.2) is 26.8 Å². The van der Waals surface area contributed by atoms with Crippen molar-refractivity contribution in [2.45, 2.75) is 6.92 Å². The van der Waals surface area contributed by atoms with Gasteiger partial charge in [-0.2, -0.15) is 0 Å². The molecule has 3 N–H and O–H groups in total. The van der Waals surface area contributed by atoms with Gasteiger partial charge >= 0.3 is 0 Å². The zero-order chi connectivity index (χ0) is 29.8. The molecule has 0 aliphatic heterocycles. The summed E-state index contributed by atoms with van der Waals surface area (Å²) in [6.07, 6.45) is 4.55. The number of hydrogen-bond donors (Lipinski definition) is 3. The lowest BCUT2D eigenvalue weighted by atomic mass is 10.1. The summed E-state index contributed by atoms with van der Waals surface area (Å²) in [6.45, 7) is 1.92. The number of carbonyl (C=O) groups excluding carboxylic acids is 2. The fourth-order valence-corrected chi connectivity index (χ4v) is 5.93. The van der Waals surface area contributed by atoms with Crippen molar-refractivity contribution in [3.63, 3.8) is 0 Å². The molecule has 0 unspecified atom stereocenters. The van der Waals surface area contributed by atoms with Crippen molar-refractivity contribution in [2.75, 3.05) is 16.0 Å². The van der Waals surface area contributed by atoms with Crippen LogP contribution in [0.5, 0.6) is 0 Å². The van der Waals surface area contributed by atoms with E-state index in [1.54, 1.807) is 60.0 Å². The Balaban J connectivity index is 1.13. The van der Waals surface area contributed by atoms with E-state index in [1.807, 2.05) is 36.6 Å². The summed E-state index contributed by atoms with van der Waals surface area (Å²) < 4.78 is 13.3. The van der Waals surface area contributed by atoms with Crippen molar-refractivity contribution in [3.8, 4) is 21.0 Å². The maximum atomic E-state index is 13.3. The summed E-state index contributed by atoms with van der Waals surface area (Å²) in [5.41, 5.74) is 4.25. The van der Waals surface area contributed by atoms with Crippen LogP contribution in [0.1, 0.15) is 25.6 Å². The molecular formula is C32H23FN6O2S2. The number of amides is 2. The van der Waals surface area contributed by atoms with Gasteiger partial charge in [0.05, 0.1) is 28.0 Å². The number of pyridine rings is 1. The van der Waals surface area contributed by atoms with Crippen LogP contribution >= 0.6 is 22.7 Å². The van der Waals surface area contributed by atoms with Gasteiger partial charge in [0.2, 0.25) is 5.95 Å².